The van der Waals surface area contributed by atoms with Crippen molar-refractivity contribution in [1.82, 2.24) is 9.80 Å². The number of hydrogen-bond donors (Lipinski definition) is 1. The summed E-state index contributed by atoms with van der Waals surface area (Å²) in [4.78, 5) is 15.7. The number of aliphatic hydroxyl groups is 1. The first-order chi connectivity index (χ1) is 7.27. The number of hydrogen-bond acceptors (Lipinski definition) is 4. The second kappa shape index (κ2) is 9.83. The Morgan fingerprint density at radius 1 is 1.25 bits per heavy atom. The van der Waals surface area contributed by atoms with Crippen LogP contribution in [0.3, 0.4) is 0 Å². The SMILES string of the molecule is O=C(CCC[S-])N1CCN(CCO)CC1.[Y]. The molecular formula is C10H19N2O2SY-. The molecule has 0 aromatic carbocycles. The minimum absolute atomic E-state index is 0. The van der Waals surface area contributed by atoms with E-state index in [1.165, 1.54) is 0 Å². The van der Waals surface area contributed by atoms with Crippen LogP contribution in [0, 0.1) is 0 Å². The van der Waals surface area contributed by atoms with Gasteiger partial charge in [0.05, 0.1) is 6.61 Å². The zero-order valence-electron chi connectivity index (χ0n) is 9.60. The Morgan fingerprint density at radius 2 is 1.88 bits per heavy atom. The van der Waals surface area contributed by atoms with Crippen LogP contribution in [-0.2, 0) is 50.1 Å². The van der Waals surface area contributed by atoms with Gasteiger partial charge in [0.15, 0.2) is 0 Å². The van der Waals surface area contributed by atoms with Gasteiger partial charge in [0, 0.05) is 71.9 Å². The number of carbonyl (C=O) groups excluding carboxylic acids is 1. The van der Waals surface area contributed by atoms with Crippen LogP contribution in [0.25, 0.3) is 0 Å². The van der Waals surface area contributed by atoms with Gasteiger partial charge in [-0.1, -0.05) is 6.42 Å². The van der Waals surface area contributed by atoms with Crippen LogP contribution in [-0.4, -0.2) is 65.9 Å². The monoisotopic (exact) mass is 320 g/mol. The number of piperazine rings is 1. The molecule has 0 bridgehead atoms. The van der Waals surface area contributed by atoms with Crippen molar-refractivity contribution >= 4 is 18.5 Å². The third-order valence-corrected chi connectivity index (χ3v) is 2.96. The molecule has 1 amide bonds. The average Bonchev–Trinajstić information content (AvgIpc) is 2.27. The summed E-state index contributed by atoms with van der Waals surface area (Å²) < 4.78 is 0. The van der Waals surface area contributed by atoms with Crippen molar-refractivity contribution in [2.24, 2.45) is 0 Å². The molecule has 1 aliphatic heterocycles. The Hall–Kier alpha value is 0.844. The Balaban J connectivity index is 0.00000225. The minimum atomic E-state index is 0. The molecule has 1 saturated heterocycles. The van der Waals surface area contributed by atoms with Gasteiger partial charge in [0.25, 0.3) is 0 Å². The van der Waals surface area contributed by atoms with Crippen LogP contribution in [0.4, 0.5) is 0 Å². The van der Waals surface area contributed by atoms with E-state index >= 15 is 0 Å². The molecular weight excluding hydrogens is 301 g/mol. The maximum absolute atomic E-state index is 11.6. The van der Waals surface area contributed by atoms with Gasteiger partial charge in [-0.25, -0.2) is 0 Å². The van der Waals surface area contributed by atoms with Gasteiger partial charge < -0.3 is 22.6 Å². The van der Waals surface area contributed by atoms with Gasteiger partial charge in [-0.2, -0.15) is 5.75 Å². The zero-order chi connectivity index (χ0) is 11.1. The van der Waals surface area contributed by atoms with E-state index in [1.807, 2.05) is 4.90 Å². The number of carbonyl (C=O) groups is 1. The van der Waals surface area contributed by atoms with Crippen molar-refractivity contribution in [1.29, 1.82) is 0 Å². The molecule has 0 aromatic heterocycles. The molecule has 4 nitrogen and oxygen atoms in total. The summed E-state index contributed by atoms with van der Waals surface area (Å²) in [5.74, 6) is 0.888. The summed E-state index contributed by atoms with van der Waals surface area (Å²) in [6.07, 6.45) is 1.40. The van der Waals surface area contributed by atoms with E-state index in [9.17, 15) is 4.79 Å². The Kier molecular flexibility index (Phi) is 10.3. The Bertz CT molecular complexity index is 199. The van der Waals surface area contributed by atoms with Crippen LogP contribution >= 0.6 is 0 Å². The molecule has 0 spiro atoms. The fraction of sp³-hybridized carbons (Fsp3) is 0.900. The number of rotatable bonds is 5. The standard InChI is InChI=1S/C10H20N2O2S.Y/c13-8-7-11-3-5-12(6-4-11)10(14)2-1-9-15;/h13,15H,1-9H2;/p-1. The van der Waals surface area contributed by atoms with Crippen molar-refractivity contribution in [3.8, 4) is 0 Å². The molecule has 0 unspecified atom stereocenters. The van der Waals surface area contributed by atoms with E-state index in [4.69, 9.17) is 17.7 Å². The molecule has 1 radical (unpaired) electrons. The van der Waals surface area contributed by atoms with Crippen molar-refractivity contribution in [2.45, 2.75) is 12.8 Å². The molecule has 1 rings (SSSR count). The number of amides is 1. The van der Waals surface area contributed by atoms with E-state index in [0.717, 1.165) is 32.6 Å². The molecule has 1 fully saturated rings. The average molecular weight is 320 g/mol. The quantitative estimate of drug-likeness (QED) is 0.690. The van der Waals surface area contributed by atoms with E-state index in [0.29, 0.717) is 18.7 Å². The second-order valence-electron chi connectivity index (χ2n) is 3.75. The predicted molar refractivity (Wildman–Crippen MR) is 61.6 cm³/mol. The normalized spacial score (nSPS) is 17.0. The Morgan fingerprint density at radius 3 is 2.38 bits per heavy atom. The summed E-state index contributed by atoms with van der Waals surface area (Å²) in [6, 6.07) is 0. The van der Waals surface area contributed by atoms with Crippen LogP contribution in [0.1, 0.15) is 12.8 Å². The first kappa shape index (κ1) is 16.8. The van der Waals surface area contributed by atoms with Crippen molar-refractivity contribution < 1.29 is 42.6 Å². The summed E-state index contributed by atoms with van der Waals surface area (Å²) in [5.41, 5.74) is 0. The molecule has 1 aliphatic rings. The van der Waals surface area contributed by atoms with Gasteiger partial charge >= 0.3 is 0 Å². The van der Waals surface area contributed by atoms with Gasteiger partial charge in [0.2, 0.25) is 5.91 Å². The van der Waals surface area contributed by atoms with Gasteiger partial charge in [-0.3, -0.25) is 9.69 Å². The van der Waals surface area contributed by atoms with Crippen molar-refractivity contribution in [3.63, 3.8) is 0 Å². The molecule has 0 saturated carbocycles. The third kappa shape index (κ3) is 5.96. The summed E-state index contributed by atoms with van der Waals surface area (Å²) in [6.45, 7) is 4.24. The molecule has 0 aromatic rings. The van der Waals surface area contributed by atoms with E-state index in [2.05, 4.69) is 4.90 Å². The van der Waals surface area contributed by atoms with Gasteiger partial charge in [-0.15, -0.1) is 0 Å². The van der Waals surface area contributed by atoms with Crippen LogP contribution in [0.5, 0.6) is 0 Å². The molecule has 1 N–H and O–H groups in total. The molecule has 0 atom stereocenters. The number of nitrogens with zero attached hydrogens (tertiary/aromatic N) is 2. The first-order valence-corrected chi connectivity index (χ1v) is 6.04. The van der Waals surface area contributed by atoms with Crippen molar-refractivity contribution in [3.05, 3.63) is 0 Å². The molecule has 91 valence electrons. The summed E-state index contributed by atoms with van der Waals surface area (Å²) >= 11 is 4.82. The van der Waals surface area contributed by atoms with E-state index < -0.39 is 0 Å². The van der Waals surface area contributed by atoms with Gasteiger partial charge in [-0.05, 0) is 0 Å². The number of β-amino-alcohol motifs (C(OH)–C–C–N with tert-alkyl or cyclic N) is 1. The zero-order valence-corrected chi connectivity index (χ0v) is 13.3. The fourth-order valence-electron chi connectivity index (χ4n) is 1.74. The number of aliphatic hydroxyl groups excluding tert-OH is 1. The second-order valence-corrected chi connectivity index (χ2v) is 4.16. The van der Waals surface area contributed by atoms with E-state index in [-0.39, 0.29) is 45.2 Å². The van der Waals surface area contributed by atoms with Crippen molar-refractivity contribution in [2.75, 3.05) is 45.1 Å². The summed E-state index contributed by atoms with van der Waals surface area (Å²) in [5, 5.41) is 8.78. The predicted octanol–water partition coefficient (Wildman–Crippen LogP) is -0.552. The largest absolute Gasteiger partial charge is 0.793 e. The molecule has 16 heavy (non-hydrogen) atoms. The summed E-state index contributed by atoms with van der Waals surface area (Å²) in [7, 11) is 0. The minimum Gasteiger partial charge on any atom is -0.793 e. The molecule has 6 heteroatoms. The molecule has 1 heterocycles. The van der Waals surface area contributed by atoms with Crippen LogP contribution < -0.4 is 0 Å². The first-order valence-electron chi connectivity index (χ1n) is 5.47. The smallest absolute Gasteiger partial charge is 0.222 e. The Labute approximate surface area is 128 Å². The van der Waals surface area contributed by atoms with E-state index in [1.54, 1.807) is 0 Å². The topological polar surface area (TPSA) is 43.8 Å². The van der Waals surface area contributed by atoms with Crippen LogP contribution in [0.2, 0.25) is 0 Å². The van der Waals surface area contributed by atoms with Crippen LogP contribution in [0.15, 0.2) is 0 Å². The maximum Gasteiger partial charge on any atom is 0.222 e. The fourth-order valence-corrected chi connectivity index (χ4v) is 1.89. The third-order valence-electron chi connectivity index (χ3n) is 2.68. The molecule has 0 aliphatic carbocycles. The maximum atomic E-state index is 11.6. The van der Waals surface area contributed by atoms with Gasteiger partial charge in [0.1, 0.15) is 0 Å².